The number of benzene rings is 1. The molecule has 1 amide bonds. The summed E-state index contributed by atoms with van der Waals surface area (Å²) >= 11 is 0. The van der Waals surface area contributed by atoms with E-state index in [1.807, 2.05) is 64.8 Å². The molecular weight excluding hydrogens is 380 g/mol. The zero-order valence-electron chi connectivity index (χ0n) is 17.5. The van der Waals surface area contributed by atoms with Gasteiger partial charge >= 0.3 is 0 Å². The van der Waals surface area contributed by atoms with E-state index in [1.165, 1.54) is 0 Å². The number of ether oxygens (including phenoxy) is 1. The van der Waals surface area contributed by atoms with Crippen LogP contribution in [0, 0.1) is 6.92 Å². The van der Waals surface area contributed by atoms with Crippen LogP contribution in [0.25, 0.3) is 11.3 Å². The van der Waals surface area contributed by atoms with Crippen LogP contribution in [0.2, 0.25) is 0 Å². The van der Waals surface area contributed by atoms with Crippen LogP contribution in [-0.4, -0.2) is 50.9 Å². The Balaban J connectivity index is 1.64. The van der Waals surface area contributed by atoms with E-state index in [2.05, 4.69) is 15.3 Å². The predicted octanol–water partition coefficient (Wildman–Crippen LogP) is 3.21. The molecule has 0 aliphatic carbocycles. The number of imidazole rings is 2. The fourth-order valence-corrected chi connectivity index (χ4v) is 3.24. The number of likely N-dealkylation sites (N-methyl/N-ethyl adjacent to an activating group) is 1. The number of fused-ring (bicyclic) bond motifs is 1. The molecule has 4 rings (SSSR count). The van der Waals surface area contributed by atoms with Gasteiger partial charge in [0, 0.05) is 44.4 Å². The van der Waals surface area contributed by atoms with Gasteiger partial charge in [0.15, 0.2) is 5.65 Å². The highest BCUT2D eigenvalue weighted by Crippen LogP contribution is 2.29. The number of aromatic nitrogens is 4. The Bertz CT molecular complexity index is 1210. The molecule has 4 aromatic rings. The minimum atomic E-state index is 0.0166. The van der Waals surface area contributed by atoms with Crippen LogP contribution < -0.4 is 10.1 Å². The van der Waals surface area contributed by atoms with Gasteiger partial charge in [-0.15, -0.1) is 0 Å². The molecule has 1 N–H and O–H groups in total. The smallest absolute Gasteiger partial charge is 0.228 e. The van der Waals surface area contributed by atoms with E-state index < -0.39 is 0 Å². The molecule has 154 valence electrons. The predicted molar refractivity (Wildman–Crippen MR) is 116 cm³/mol. The molecule has 0 unspecified atom stereocenters. The van der Waals surface area contributed by atoms with Crippen molar-refractivity contribution >= 4 is 22.9 Å². The molecule has 0 saturated carbocycles. The number of anilines is 2. The molecule has 0 aliphatic heterocycles. The maximum absolute atomic E-state index is 12.0. The van der Waals surface area contributed by atoms with Gasteiger partial charge in [0.1, 0.15) is 5.75 Å². The van der Waals surface area contributed by atoms with Crippen molar-refractivity contribution in [3.63, 3.8) is 0 Å². The number of nitrogens with one attached hydrogen (secondary N) is 1. The summed E-state index contributed by atoms with van der Waals surface area (Å²) in [6.07, 6.45) is 7.78. The maximum Gasteiger partial charge on any atom is 0.228 e. The summed E-state index contributed by atoms with van der Waals surface area (Å²) in [6, 6.07) is 9.80. The molecule has 0 spiro atoms. The minimum absolute atomic E-state index is 0.0166. The summed E-state index contributed by atoms with van der Waals surface area (Å²) in [5.74, 6) is 0.743. The molecule has 0 saturated heterocycles. The standard InChI is InChI=1S/C22H24N6O2/c1-15-12-28(14-23-15)19-8-7-16(10-20(19)30-4)24-18-6-5-9-27-13-17(25-22(18)27)11-21(29)26(2)3/h5-10,12-14,24H,11H2,1-4H3. The highest BCUT2D eigenvalue weighted by Gasteiger charge is 2.13. The van der Waals surface area contributed by atoms with Crippen LogP contribution >= 0.6 is 0 Å². The van der Waals surface area contributed by atoms with Crippen molar-refractivity contribution < 1.29 is 9.53 Å². The Morgan fingerprint density at radius 3 is 2.77 bits per heavy atom. The van der Waals surface area contributed by atoms with E-state index in [0.29, 0.717) is 0 Å². The number of pyridine rings is 1. The lowest BCUT2D eigenvalue weighted by Crippen LogP contribution is -2.23. The zero-order valence-corrected chi connectivity index (χ0v) is 17.5. The van der Waals surface area contributed by atoms with Crippen molar-refractivity contribution in [2.45, 2.75) is 13.3 Å². The average molecular weight is 404 g/mol. The van der Waals surface area contributed by atoms with Gasteiger partial charge in [0.25, 0.3) is 0 Å². The molecule has 3 heterocycles. The van der Waals surface area contributed by atoms with Gasteiger partial charge in [-0.2, -0.15) is 0 Å². The number of nitrogens with zero attached hydrogens (tertiary/aromatic N) is 5. The molecule has 8 heteroatoms. The molecule has 8 nitrogen and oxygen atoms in total. The molecule has 0 radical (unpaired) electrons. The first-order valence-electron chi connectivity index (χ1n) is 9.57. The molecular formula is C22H24N6O2. The number of hydrogen-bond acceptors (Lipinski definition) is 5. The SMILES string of the molecule is COc1cc(Nc2cccn3cc(CC(=O)N(C)C)nc23)ccc1-n1cnc(C)c1. The zero-order chi connectivity index (χ0) is 21.3. The average Bonchev–Trinajstić information content (AvgIpc) is 3.34. The summed E-state index contributed by atoms with van der Waals surface area (Å²) in [6.45, 7) is 1.95. The van der Waals surface area contributed by atoms with Gasteiger partial charge in [0.2, 0.25) is 5.91 Å². The number of carbonyl (C=O) groups excluding carboxylic acids is 1. The summed E-state index contributed by atoms with van der Waals surface area (Å²) < 4.78 is 9.44. The van der Waals surface area contributed by atoms with E-state index in [-0.39, 0.29) is 12.3 Å². The Morgan fingerprint density at radius 1 is 1.23 bits per heavy atom. The van der Waals surface area contributed by atoms with Crippen LogP contribution in [-0.2, 0) is 11.2 Å². The van der Waals surface area contributed by atoms with E-state index in [4.69, 9.17) is 4.74 Å². The normalized spacial score (nSPS) is 10.9. The highest BCUT2D eigenvalue weighted by atomic mass is 16.5. The van der Waals surface area contributed by atoms with Crippen molar-refractivity contribution in [1.29, 1.82) is 0 Å². The molecule has 0 aliphatic rings. The van der Waals surface area contributed by atoms with Crippen molar-refractivity contribution in [2.75, 3.05) is 26.5 Å². The Hall–Kier alpha value is -3.81. The van der Waals surface area contributed by atoms with Gasteiger partial charge in [-0.3, -0.25) is 4.79 Å². The van der Waals surface area contributed by atoms with E-state index >= 15 is 0 Å². The number of methoxy groups -OCH3 is 1. The van der Waals surface area contributed by atoms with Crippen LogP contribution in [0.3, 0.4) is 0 Å². The van der Waals surface area contributed by atoms with Gasteiger partial charge < -0.3 is 23.9 Å². The van der Waals surface area contributed by atoms with Crippen molar-refractivity contribution in [1.82, 2.24) is 23.8 Å². The summed E-state index contributed by atoms with van der Waals surface area (Å²) in [4.78, 5) is 22.5. The van der Waals surface area contributed by atoms with Crippen molar-refractivity contribution in [2.24, 2.45) is 0 Å². The monoisotopic (exact) mass is 404 g/mol. The topological polar surface area (TPSA) is 76.7 Å². The summed E-state index contributed by atoms with van der Waals surface area (Å²) in [5.41, 5.74) is 5.04. The second-order valence-electron chi connectivity index (χ2n) is 7.28. The van der Waals surface area contributed by atoms with Crippen LogP contribution in [0.5, 0.6) is 5.75 Å². The third-order valence-electron chi connectivity index (χ3n) is 4.81. The first kappa shape index (κ1) is 19.5. The fraction of sp³-hybridized carbons (Fsp3) is 0.227. The minimum Gasteiger partial charge on any atom is -0.494 e. The molecule has 3 aromatic heterocycles. The lowest BCUT2D eigenvalue weighted by molar-refractivity contribution is -0.128. The molecule has 0 bridgehead atoms. The van der Waals surface area contributed by atoms with Crippen LogP contribution in [0.1, 0.15) is 11.4 Å². The number of rotatable bonds is 6. The maximum atomic E-state index is 12.0. The molecule has 1 aromatic carbocycles. The number of aryl methyl sites for hydroxylation is 1. The molecule has 0 atom stereocenters. The molecule has 0 fully saturated rings. The lowest BCUT2D eigenvalue weighted by Gasteiger charge is -2.13. The fourth-order valence-electron chi connectivity index (χ4n) is 3.24. The number of hydrogen-bond donors (Lipinski definition) is 1. The van der Waals surface area contributed by atoms with Gasteiger partial charge in [-0.05, 0) is 31.2 Å². The second-order valence-corrected chi connectivity index (χ2v) is 7.28. The Labute approximate surface area is 174 Å². The van der Waals surface area contributed by atoms with E-state index in [0.717, 1.165) is 39.8 Å². The number of carbonyl (C=O) groups is 1. The largest absolute Gasteiger partial charge is 0.494 e. The molecule has 30 heavy (non-hydrogen) atoms. The summed E-state index contributed by atoms with van der Waals surface area (Å²) in [5, 5.41) is 3.41. The van der Waals surface area contributed by atoms with Crippen molar-refractivity contribution in [3.05, 3.63) is 66.6 Å². The van der Waals surface area contributed by atoms with E-state index in [9.17, 15) is 4.79 Å². The summed E-state index contributed by atoms with van der Waals surface area (Å²) in [7, 11) is 5.14. The lowest BCUT2D eigenvalue weighted by atomic mass is 10.2. The first-order valence-corrected chi connectivity index (χ1v) is 9.57. The van der Waals surface area contributed by atoms with E-state index in [1.54, 1.807) is 32.4 Å². The van der Waals surface area contributed by atoms with Gasteiger partial charge in [-0.1, -0.05) is 0 Å². The number of amides is 1. The highest BCUT2D eigenvalue weighted by molar-refractivity contribution is 5.79. The van der Waals surface area contributed by atoms with Crippen LogP contribution in [0.4, 0.5) is 11.4 Å². The third-order valence-corrected chi connectivity index (χ3v) is 4.81. The van der Waals surface area contributed by atoms with Gasteiger partial charge in [-0.25, -0.2) is 9.97 Å². The van der Waals surface area contributed by atoms with Gasteiger partial charge in [0.05, 0.1) is 42.6 Å². The second kappa shape index (κ2) is 7.90. The first-order chi connectivity index (χ1) is 14.4. The quantitative estimate of drug-likeness (QED) is 0.534. The third kappa shape index (κ3) is 3.84. The Morgan fingerprint density at radius 2 is 2.07 bits per heavy atom. The Kier molecular flexibility index (Phi) is 5.14. The van der Waals surface area contributed by atoms with Crippen molar-refractivity contribution in [3.8, 4) is 11.4 Å². The van der Waals surface area contributed by atoms with Crippen LogP contribution in [0.15, 0.2) is 55.2 Å².